The molecule has 5 rings (SSSR count). The van der Waals surface area contributed by atoms with Crippen molar-refractivity contribution < 1.29 is 19.0 Å². The Morgan fingerprint density at radius 1 is 0.941 bits per heavy atom. The highest BCUT2D eigenvalue weighted by atomic mass is 16.5. The minimum atomic E-state index is -0.0194. The molecule has 6 heteroatoms. The maximum atomic E-state index is 12.8. The molecule has 0 spiro atoms. The normalized spacial score (nSPS) is 24.1. The van der Waals surface area contributed by atoms with Gasteiger partial charge in [0.1, 0.15) is 12.4 Å². The molecule has 2 saturated heterocycles. The summed E-state index contributed by atoms with van der Waals surface area (Å²) in [4.78, 5) is 12.8. The Labute approximate surface area is 202 Å². The molecule has 2 heterocycles. The molecule has 0 aromatic heterocycles. The number of rotatable bonds is 9. The van der Waals surface area contributed by atoms with Gasteiger partial charge in [0.05, 0.1) is 12.2 Å². The first-order valence-corrected chi connectivity index (χ1v) is 12.8. The number of fused-ring (bicyclic) bond motifs is 1. The van der Waals surface area contributed by atoms with Crippen LogP contribution >= 0.6 is 0 Å². The molecule has 0 radical (unpaired) electrons. The fraction of sp³-hybridized carbons (Fsp3) is 0.536. The van der Waals surface area contributed by atoms with Gasteiger partial charge in [-0.05, 0) is 85.9 Å². The van der Waals surface area contributed by atoms with E-state index in [0.717, 1.165) is 70.6 Å². The predicted octanol–water partition coefficient (Wildman–Crippen LogP) is 3.80. The first-order valence-electron chi connectivity index (χ1n) is 12.8. The topological polar surface area (TPSA) is 68.8 Å². The molecule has 2 aromatic carbocycles. The van der Waals surface area contributed by atoms with Crippen LogP contribution in [0.25, 0.3) is 0 Å². The van der Waals surface area contributed by atoms with Gasteiger partial charge in [-0.25, -0.2) is 0 Å². The SMILES string of the molecule is O=C(N[C@H]1CCc2cc(CNCC3CCCO3)ccc2C1)c1ccc(OCC2CCCO2)cc1. The second kappa shape index (κ2) is 11.3. The van der Waals surface area contributed by atoms with Crippen molar-refractivity contribution in [2.75, 3.05) is 26.4 Å². The maximum absolute atomic E-state index is 12.8. The van der Waals surface area contributed by atoms with Gasteiger partial charge in [0.15, 0.2) is 0 Å². The minimum Gasteiger partial charge on any atom is -0.491 e. The Morgan fingerprint density at radius 3 is 2.50 bits per heavy atom. The number of ether oxygens (including phenoxy) is 3. The van der Waals surface area contributed by atoms with Crippen LogP contribution in [0.15, 0.2) is 42.5 Å². The van der Waals surface area contributed by atoms with E-state index in [-0.39, 0.29) is 18.1 Å². The van der Waals surface area contributed by atoms with Crippen LogP contribution in [0.3, 0.4) is 0 Å². The van der Waals surface area contributed by atoms with E-state index in [1.807, 2.05) is 24.3 Å². The number of nitrogens with one attached hydrogen (secondary N) is 2. The average molecular weight is 465 g/mol. The Kier molecular flexibility index (Phi) is 7.79. The first-order chi connectivity index (χ1) is 16.7. The van der Waals surface area contributed by atoms with Crippen LogP contribution in [0.1, 0.15) is 59.2 Å². The van der Waals surface area contributed by atoms with E-state index in [4.69, 9.17) is 14.2 Å². The zero-order valence-electron chi connectivity index (χ0n) is 19.9. The summed E-state index contributed by atoms with van der Waals surface area (Å²) in [6.45, 7) is 4.10. The summed E-state index contributed by atoms with van der Waals surface area (Å²) >= 11 is 0. The Balaban J connectivity index is 1.08. The zero-order valence-corrected chi connectivity index (χ0v) is 19.9. The summed E-state index contributed by atoms with van der Waals surface area (Å²) in [6.07, 6.45) is 7.91. The van der Waals surface area contributed by atoms with Gasteiger partial charge in [0.2, 0.25) is 0 Å². The number of benzene rings is 2. The van der Waals surface area contributed by atoms with E-state index in [2.05, 4.69) is 28.8 Å². The van der Waals surface area contributed by atoms with Crippen molar-refractivity contribution in [3.8, 4) is 5.75 Å². The lowest BCUT2D eigenvalue weighted by molar-refractivity contribution is 0.0679. The van der Waals surface area contributed by atoms with Gasteiger partial charge in [-0.1, -0.05) is 18.2 Å². The lowest BCUT2D eigenvalue weighted by Gasteiger charge is -2.26. The molecule has 34 heavy (non-hydrogen) atoms. The number of carbonyl (C=O) groups is 1. The summed E-state index contributed by atoms with van der Waals surface area (Å²) in [5, 5.41) is 6.76. The monoisotopic (exact) mass is 464 g/mol. The van der Waals surface area contributed by atoms with Crippen LogP contribution in [-0.4, -0.2) is 50.5 Å². The highest BCUT2D eigenvalue weighted by molar-refractivity contribution is 5.94. The molecule has 2 aliphatic heterocycles. The standard InChI is InChI=1S/C28H36N2O4/c31-28(21-8-11-25(12-9-21)34-19-27-4-2-14-33-27)30-24-10-7-22-15-20(5-6-23(22)16-24)17-29-18-26-3-1-13-32-26/h5-6,8-9,11-12,15,24,26-27,29H,1-4,7,10,13-14,16-19H2,(H,30,31)/t24-,26?,27?/m0/s1. The molecule has 1 aliphatic carbocycles. The van der Waals surface area contributed by atoms with E-state index in [1.54, 1.807) is 0 Å². The fourth-order valence-corrected chi connectivity index (χ4v) is 5.16. The summed E-state index contributed by atoms with van der Waals surface area (Å²) in [6, 6.07) is 14.4. The van der Waals surface area contributed by atoms with Crippen LogP contribution in [0, 0.1) is 0 Å². The molecule has 0 bridgehead atoms. The summed E-state index contributed by atoms with van der Waals surface area (Å²) in [5.74, 6) is 0.758. The molecule has 2 N–H and O–H groups in total. The van der Waals surface area contributed by atoms with E-state index in [9.17, 15) is 4.79 Å². The average Bonchev–Trinajstić information content (AvgIpc) is 3.58. The lowest BCUT2D eigenvalue weighted by atomic mass is 9.87. The van der Waals surface area contributed by atoms with Crippen molar-refractivity contribution in [2.24, 2.45) is 0 Å². The Bertz CT molecular complexity index is 949. The number of hydrogen-bond acceptors (Lipinski definition) is 5. The molecule has 3 atom stereocenters. The Morgan fingerprint density at radius 2 is 1.74 bits per heavy atom. The van der Waals surface area contributed by atoms with Crippen LogP contribution in [0.2, 0.25) is 0 Å². The van der Waals surface area contributed by atoms with E-state index in [1.165, 1.54) is 23.1 Å². The van der Waals surface area contributed by atoms with Gasteiger partial charge in [-0.3, -0.25) is 4.79 Å². The van der Waals surface area contributed by atoms with Gasteiger partial charge in [-0.15, -0.1) is 0 Å². The quantitative estimate of drug-likeness (QED) is 0.591. The van der Waals surface area contributed by atoms with Crippen molar-refractivity contribution >= 4 is 5.91 Å². The van der Waals surface area contributed by atoms with E-state index >= 15 is 0 Å². The van der Waals surface area contributed by atoms with E-state index in [0.29, 0.717) is 18.3 Å². The van der Waals surface area contributed by atoms with Crippen molar-refractivity contribution in [3.63, 3.8) is 0 Å². The predicted molar refractivity (Wildman–Crippen MR) is 131 cm³/mol. The second-order valence-corrected chi connectivity index (χ2v) is 9.75. The van der Waals surface area contributed by atoms with Crippen molar-refractivity contribution in [1.82, 2.24) is 10.6 Å². The molecule has 1 amide bonds. The van der Waals surface area contributed by atoms with Crippen molar-refractivity contribution in [1.29, 1.82) is 0 Å². The van der Waals surface area contributed by atoms with Crippen molar-refractivity contribution in [3.05, 3.63) is 64.7 Å². The van der Waals surface area contributed by atoms with Gasteiger partial charge < -0.3 is 24.8 Å². The largest absolute Gasteiger partial charge is 0.491 e. The lowest BCUT2D eigenvalue weighted by Crippen LogP contribution is -2.38. The number of aryl methyl sites for hydroxylation is 1. The summed E-state index contributed by atoms with van der Waals surface area (Å²) < 4.78 is 17.1. The van der Waals surface area contributed by atoms with E-state index < -0.39 is 0 Å². The van der Waals surface area contributed by atoms with Crippen LogP contribution in [0.4, 0.5) is 0 Å². The van der Waals surface area contributed by atoms with Gasteiger partial charge in [-0.2, -0.15) is 0 Å². The molecular formula is C28H36N2O4. The van der Waals surface area contributed by atoms with Gasteiger partial charge in [0.25, 0.3) is 5.91 Å². The molecule has 182 valence electrons. The third kappa shape index (κ3) is 6.17. The third-order valence-corrected chi connectivity index (χ3v) is 7.14. The highest BCUT2D eigenvalue weighted by Crippen LogP contribution is 2.24. The molecule has 2 unspecified atom stereocenters. The molecule has 2 aromatic rings. The van der Waals surface area contributed by atoms with Crippen LogP contribution in [0.5, 0.6) is 5.75 Å². The van der Waals surface area contributed by atoms with Crippen LogP contribution in [-0.2, 0) is 28.9 Å². The number of carbonyl (C=O) groups excluding carboxylic acids is 1. The Hall–Kier alpha value is -2.41. The van der Waals surface area contributed by atoms with Crippen molar-refractivity contribution in [2.45, 2.75) is 69.7 Å². The molecular weight excluding hydrogens is 428 g/mol. The van der Waals surface area contributed by atoms with Gasteiger partial charge in [0, 0.05) is 37.9 Å². The minimum absolute atomic E-state index is 0.0194. The van der Waals surface area contributed by atoms with Gasteiger partial charge >= 0.3 is 0 Å². The fourth-order valence-electron chi connectivity index (χ4n) is 5.16. The number of hydrogen-bond donors (Lipinski definition) is 2. The molecule has 2 fully saturated rings. The molecule has 6 nitrogen and oxygen atoms in total. The highest BCUT2D eigenvalue weighted by Gasteiger charge is 2.22. The van der Waals surface area contributed by atoms with Crippen LogP contribution < -0.4 is 15.4 Å². The molecule has 3 aliphatic rings. The summed E-state index contributed by atoms with van der Waals surface area (Å²) in [7, 11) is 0. The zero-order chi connectivity index (χ0) is 23.2. The summed E-state index contributed by atoms with van der Waals surface area (Å²) in [5.41, 5.74) is 4.75. The third-order valence-electron chi connectivity index (χ3n) is 7.14. The maximum Gasteiger partial charge on any atom is 0.251 e. The number of amides is 1. The second-order valence-electron chi connectivity index (χ2n) is 9.75. The smallest absolute Gasteiger partial charge is 0.251 e. The first kappa shape index (κ1) is 23.3. The molecule has 0 saturated carbocycles.